The molecule has 4 aliphatic rings. The van der Waals surface area contributed by atoms with E-state index in [-0.39, 0.29) is 25.2 Å². The van der Waals surface area contributed by atoms with E-state index < -0.39 is 6.10 Å². The highest BCUT2D eigenvalue weighted by Crippen LogP contribution is 2.37. The first kappa shape index (κ1) is 40.6. The largest absolute Gasteiger partial charge is 0.373 e. The fraction of sp³-hybridized carbons (Fsp3) is 0.240. The topological polar surface area (TPSA) is 141 Å². The number of amides is 4. The monoisotopic (exact) mass is 852 g/mol. The van der Waals surface area contributed by atoms with Crippen LogP contribution in [0.1, 0.15) is 44.5 Å². The maximum Gasteiger partial charge on any atom is 0.330 e. The van der Waals surface area contributed by atoms with Crippen molar-refractivity contribution in [2.45, 2.75) is 59.6 Å². The third-order valence-electron chi connectivity index (χ3n) is 11.9. The second-order valence-corrected chi connectivity index (χ2v) is 16.5. The maximum atomic E-state index is 14.8. The van der Waals surface area contributed by atoms with Crippen LogP contribution in [0.2, 0.25) is 0 Å². The van der Waals surface area contributed by atoms with E-state index in [1.807, 2.05) is 134 Å². The molecule has 14 nitrogen and oxygen atoms in total. The first-order valence-electron chi connectivity index (χ1n) is 21.5. The zero-order valence-corrected chi connectivity index (χ0v) is 36.0. The highest BCUT2D eigenvalue weighted by atomic mass is 16.5. The molecule has 14 heteroatoms. The summed E-state index contributed by atoms with van der Waals surface area (Å²) in [7, 11) is 0. The van der Waals surface area contributed by atoms with E-state index in [9.17, 15) is 9.59 Å². The van der Waals surface area contributed by atoms with Gasteiger partial charge in [-0.25, -0.2) is 19.6 Å². The number of carbonyl (C=O) groups excluding carboxylic acids is 2. The zero-order valence-electron chi connectivity index (χ0n) is 36.0. The molecular formula is C50H48N10O4. The number of hydrogen-bond donors (Lipinski definition) is 2. The molecule has 4 amide bonds. The van der Waals surface area contributed by atoms with Crippen LogP contribution in [0, 0.1) is 20.8 Å². The van der Waals surface area contributed by atoms with Crippen LogP contribution in [0.4, 0.5) is 55.9 Å². The van der Waals surface area contributed by atoms with Gasteiger partial charge >= 0.3 is 12.1 Å². The van der Waals surface area contributed by atoms with E-state index in [0.29, 0.717) is 62.9 Å². The second kappa shape index (κ2) is 17.4. The summed E-state index contributed by atoms with van der Waals surface area (Å²) in [5.74, 6) is 1.92. The number of aromatic nitrogens is 4. The molecule has 0 aliphatic carbocycles. The van der Waals surface area contributed by atoms with E-state index in [0.717, 1.165) is 67.3 Å². The van der Waals surface area contributed by atoms with E-state index >= 15 is 0 Å². The molecular weight excluding hydrogens is 805 g/mol. The molecule has 0 spiro atoms. The minimum Gasteiger partial charge on any atom is -0.373 e. The zero-order chi connectivity index (χ0) is 43.7. The standard InChI is InChI=1S/C50H48N10O4/c1-32-11-6-12-33(2)43(32)59-28-38-26-51-48-54-41-18-9-15-36(24-41)31-64-42(19-10-21-58(49(59)61)46(38)56-48)25-37-16-7-13-34(3)44(37)60-29-39-27-52-47-53-40-17-8-14-35(23-40)30-63-22-5-4-20-57(50(60)62)45(39)55-47/h4-19,23-24,26-27,42H,20-22,25,28-31H2,1-3H3,(H,51,54,56)(H,52,53,55)/b5-4+,19-10-. The number of urea groups is 2. The van der Waals surface area contributed by atoms with Gasteiger partial charge in [-0.05, 0) is 78.4 Å². The Hall–Kier alpha value is -7.42. The maximum absolute atomic E-state index is 14.8. The molecule has 2 aromatic heterocycles. The quantitative estimate of drug-likeness (QED) is 0.165. The molecule has 1 atom stereocenters. The summed E-state index contributed by atoms with van der Waals surface area (Å²) in [6.07, 6.45) is 11.5. The van der Waals surface area contributed by atoms with Crippen molar-refractivity contribution in [1.29, 1.82) is 0 Å². The Morgan fingerprint density at radius 2 is 1.17 bits per heavy atom. The lowest BCUT2D eigenvalue weighted by Crippen LogP contribution is -2.48. The molecule has 0 saturated heterocycles. The summed E-state index contributed by atoms with van der Waals surface area (Å²) in [6.45, 7) is 8.41. The summed E-state index contributed by atoms with van der Waals surface area (Å²) < 4.78 is 12.7. The number of para-hydroxylation sites is 2. The average Bonchev–Trinajstić information content (AvgIpc) is 3.28. The summed E-state index contributed by atoms with van der Waals surface area (Å²) in [5.41, 5.74) is 10.9. The Kier molecular flexibility index (Phi) is 11.0. The molecule has 1 unspecified atom stereocenters. The first-order valence-corrected chi connectivity index (χ1v) is 21.5. The Labute approximate surface area is 371 Å². The molecule has 4 aliphatic heterocycles. The highest BCUT2D eigenvalue weighted by molar-refractivity contribution is 6.07. The smallest absolute Gasteiger partial charge is 0.330 e. The third kappa shape index (κ3) is 8.16. The summed E-state index contributed by atoms with van der Waals surface area (Å²) in [5, 5.41) is 6.67. The number of fused-ring (bicyclic) bond motifs is 6. The van der Waals surface area contributed by atoms with Crippen molar-refractivity contribution >= 4 is 58.3 Å². The lowest BCUT2D eigenvalue weighted by molar-refractivity contribution is 0.0722. The van der Waals surface area contributed by atoms with E-state index in [2.05, 4.69) is 21.7 Å². The molecule has 0 saturated carbocycles. The number of hydrogen-bond acceptors (Lipinski definition) is 10. The highest BCUT2D eigenvalue weighted by Gasteiger charge is 2.36. The lowest BCUT2D eigenvalue weighted by Gasteiger charge is -2.37. The van der Waals surface area contributed by atoms with Crippen LogP contribution in [-0.2, 0) is 42.2 Å². The van der Waals surface area contributed by atoms with Gasteiger partial charge in [-0.1, -0.05) is 85.0 Å². The van der Waals surface area contributed by atoms with E-state index in [1.165, 1.54) is 0 Å². The van der Waals surface area contributed by atoms with Crippen LogP contribution < -0.4 is 30.2 Å². The van der Waals surface area contributed by atoms with Gasteiger partial charge in [0.25, 0.3) is 0 Å². The predicted octanol–water partition coefficient (Wildman–Crippen LogP) is 9.36. The number of ether oxygens (including phenoxy) is 2. The van der Waals surface area contributed by atoms with E-state index in [4.69, 9.17) is 24.4 Å². The Balaban J connectivity index is 0.984. The van der Waals surface area contributed by atoms with Gasteiger partial charge in [-0.2, -0.15) is 9.97 Å². The molecule has 6 heterocycles. The number of carbonyl (C=O) groups is 2. The van der Waals surface area contributed by atoms with Gasteiger partial charge in [0.15, 0.2) is 0 Å². The molecule has 10 rings (SSSR count). The fourth-order valence-corrected chi connectivity index (χ4v) is 8.88. The van der Waals surface area contributed by atoms with Gasteiger partial charge in [0.05, 0.1) is 50.4 Å². The molecule has 8 bridgehead atoms. The number of aryl methyl sites for hydroxylation is 3. The van der Waals surface area contributed by atoms with Crippen molar-refractivity contribution in [1.82, 2.24) is 19.9 Å². The third-order valence-corrected chi connectivity index (χ3v) is 11.9. The second-order valence-electron chi connectivity index (χ2n) is 16.5. The van der Waals surface area contributed by atoms with Crippen LogP contribution in [0.25, 0.3) is 0 Å². The SMILES string of the molecule is Cc1cccc(C)c1N1Cc2cnc3nc2N(C/C=C\C(Cc2cccc(C)c2N2Cc4cnc5nc4N(C/C=C/COCc4cccc(c4)N5)C2=O)OCc2cccc(c2)N3)C1=O. The Morgan fingerprint density at radius 1 is 0.625 bits per heavy atom. The molecule has 64 heavy (non-hydrogen) atoms. The first-order chi connectivity index (χ1) is 31.3. The lowest BCUT2D eigenvalue weighted by atomic mass is 9.99. The Morgan fingerprint density at radius 3 is 1.81 bits per heavy atom. The molecule has 6 aromatic rings. The molecule has 0 fully saturated rings. The summed E-state index contributed by atoms with van der Waals surface area (Å²) >= 11 is 0. The van der Waals surface area contributed by atoms with Crippen molar-refractivity contribution in [3.63, 3.8) is 0 Å². The number of nitrogens with zero attached hydrogens (tertiary/aromatic N) is 8. The van der Waals surface area contributed by atoms with Crippen LogP contribution in [-0.4, -0.2) is 57.8 Å². The normalized spacial score (nSPS) is 18.3. The predicted molar refractivity (Wildman–Crippen MR) is 249 cm³/mol. The van der Waals surface area contributed by atoms with Gasteiger partial charge in [0, 0.05) is 54.4 Å². The van der Waals surface area contributed by atoms with E-state index in [1.54, 1.807) is 22.2 Å². The molecule has 322 valence electrons. The minimum absolute atomic E-state index is 0.174. The van der Waals surface area contributed by atoms with Crippen LogP contribution in [0.15, 0.2) is 122 Å². The van der Waals surface area contributed by atoms with Crippen molar-refractivity contribution in [2.24, 2.45) is 0 Å². The van der Waals surface area contributed by atoms with Crippen LogP contribution in [0.5, 0.6) is 0 Å². The van der Waals surface area contributed by atoms with Crippen molar-refractivity contribution < 1.29 is 19.1 Å². The van der Waals surface area contributed by atoms with Crippen LogP contribution in [0.3, 0.4) is 0 Å². The van der Waals surface area contributed by atoms with Gasteiger partial charge < -0.3 is 20.1 Å². The molecule has 0 radical (unpaired) electrons. The van der Waals surface area contributed by atoms with Gasteiger partial charge in [0.1, 0.15) is 11.6 Å². The molecule has 4 aromatic carbocycles. The van der Waals surface area contributed by atoms with Crippen molar-refractivity contribution in [3.8, 4) is 0 Å². The van der Waals surface area contributed by atoms with Crippen molar-refractivity contribution in [3.05, 3.63) is 166 Å². The van der Waals surface area contributed by atoms with Gasteiger partial charge in [0.2, 0.25) is 11.9 Å². The summed E-state index contributed by atoms with van der Waals surface area (Å²) in [4.78, 5) is 55.6. The summed E-state index contributed by atoms with van der Waals surface area (Å²) in [6, 6.07) is 27.7. The fourth-order valence-electron chi connectivity index (χ4n) is 8.88. The molecule has 2 N–H and O–H groups in total. The van der Waals surface area contributed by atoms with Gasteiger partial charge in [-0.15, -0.1) is 0 Å². The number of nitrogens with one attached hydrogen (secondary N) is 2. The number of benzene rings is 4. The van der Waals surface area contributed by atoms with Crippen LogP contribution >= 0.6 is 0 Å². The van der Waals surface area contributed by atoms with Gasteiger partial charge in [-0.3, -0.25) is 19.6 Å². The van der Waals surface area contributed by atoms with Crippen molar-refractivity contribution in [2.75, 3.05) is 49.9 Å². The minimum atomic E-state index is -0.435. The number of anilines is 8. The Bertz CT molecular complexity index is 2820. The number of rotatable bonds is 4. The average molecular weight is 853 g/mol.